The predicted octanol–water partition coefficient (Wildman–Crippen LogP) is 1.40. The summed E-state index contributed by atoms with van der Waals surface area (Å²) in [6.45, 7) is 4.84. The Labute approximate surface area is 151 Å². The van der Waals surface area contributed by atoms with Crippen molar-refractivity contribution in [3.8, 4) is 5.75 Å². The van der Waals surface area contributed by atoms with Crippen molar-refractivity contribution in [2.24, 2.45) is 5.73 Å². The Morgan fingerprint density at radius 2 is 2.23 bits per heavy atom. The summed E-state index contributed by atoms with van der Waals surface area (Å²) in [5.74, 6) is 0.630. The number of primary amides is 1. The molecule has 1 aliphatic rings. The van der Waals surface area contributed by atoms with Crippen LogP contribution in [0.5, 0.6) is 5.75 Å². The molecule has 0 spiro atoms. The average molecular weight is 358 g/mol. The fourth-order valence-corrected chi connectivity index (χ4v) is 3.09. The minimum absolute atomic E-state index is 0.0280. The summed E-state index contributed by atoms with van der Waals surface area (Å²) in [4.78, 5) is 29.6. The second-order valence-electron chi connectivity index (χ2n) is 6.44. The molecular weight excluding hydrogens is 336 g/mol. The van der Waals surface area contributed by atoms with Crippen LogP contribution in [-0.4, -0.2) is 46.0 Å². The van der Waals surface area contributed by atoms with Crippen molar-refractivity contribution in [3.63, 3.8) is 0 Å². The van der Waals surface area contributed by atoms with E-state index in [-0.39, 0.29) is 24.1 Å². The molecule has 8 heteroatoms. The number of carbonyl (C=O) groups excluding carboxylic acids is 2. The molecule has 0 aromatic carbocycles. The summed E-state index contributed by atoms with van der Waals surface area (Å²) in [5, 5.41) is 3.89. The molecule has 1 atom stereocenters. The van der Waals surface area contributed by atoms with Gasteiger partial charge in [-0.1, -0.05) is 5.16 Å². The number of aromatic nitrogens is 2. The first kappa shape index (κ1) is 17.9. The molecule has 2 aromatic rings. The normalized spacial score (nSPS) is 17.2. The fourth-order valence-electron chi connectivity index (χ4n) is 3.09. The van der Waals surface area contributed by atoms with Crippen LogP contribution >= 0.6 is 0 Å². The van der Waals surface area contributed by atoms with Crippen molar-refractivity contribution in [2.75, 3.05) is 13.1 Å². The second kappa shape index (κ2) is 7.55. The van der Waals surface area contributed by atoms with Crippen LogP contribution in [0.15, 0.2) is 22.9 Å². The van der Waals surface area contributed by atoms with Gasteiger partial charge in [0.05, 0.1) is 18.7 Å². The molecule has 0 radical (unpaired) electrons. The zero-order valence-electron chi connectivity index (χ0n) is 14.9. The molecule has 2 N–H and O–H groups in total. The molecular formula is C18H22N4O4. The first-order valence-electron chi connectivity index (χ1n) is 8.56. The second-order valence-corrected chi connectivity index (χ2v) is 6.44. The standard InChI is InChI=1S/C18H22N4O4/c1-11-15(12(2)26-21-11)9-17(23)22-7-3-4-14(10-22)25-13-5-6-20-16(8-13)18(19)24/h5-6,8,14H,3-4,7,9-10H2,1-2H3,(H2,19,24). The van der Waals surface area contributed by atoms with Gasteiger partial charge in [-0.05, 0) is 32.8 Å². The smallest absolute Gasteiger partial charge is 0.267 e. The molecule has 2 aromatic heterocycles. The number of hydrogen-bond acceptors (Lipinski definition) is 6. The van der Waals surface area contributed by atoms with Gasteiger partial charge in [-0.2, -0.15) is 0 Å². The molecule has 0 aliphatic carbocycles. The van der Waals surface area contributed by atoms with E-state index in [1.807, 2.05) is 13.8 Å². The highest BCUT2D eigenvalue weighted by Crippen LogP contribution is 2.20. The van der Waals surface area contributed by atoms with Crippen LogP contribution < -0.4 is 10.5 Å². The first-order valence-corrected chi connectivity index (χ1v) is 8.56. The highest BCUT2D eigenvalue weighted by Gasteiger charge is 2.26. The topological polar surface area (TPSA) is 112 Å². The monoisotopic (exact) mass is 358 g/mol. The summed E-state index contributed by atoms with van der Waals surface area (Å²) in [5.41, 5.74) is 6.99. The maximum Gasteiger partial charge on any atom is 0.267 e. The maximum absolute atomic E-state index is 12.6. The Morgan fingerprint density at radius 1 is 1.42 bits per heavy atom. The van der Waals surface area contributed by atoms with E-state index in [2.05, 4.69) is 10.1 Å². The summed E-state index contributed by atoms with van der Waals surface area (Å²) in [7, 11) is 0. The number of rotatable bonds is 5. The van der Waals surface area contributed by atoms with Crippen LogP contribution in [0.2, 0.25) is 0 Å². The van der Waals surface area contributed by atoms with Crippen molar-refractivity contribution in [2.45, 2.75) is 39.2 Å². The third-order valence-corrected chi connectivity index (χ3v) is 4.53. The lowest BCUT2D eigenvalue weighted by atomic mass is 10.1. The van der Waals surface area contributed by atoms with E-state index in [1.54, 1.807) is 11.0 Å². The Morgan fingerprint density at radius 3 is 2.92 bits per heavy atom. The van der Waals surface area contributed by atoms with Crippen molar-refractivity contribution in [1.29, 1.82) is 0 Å². The lowest BCUT2D eigenvalue weighted by Gasteiger charge is -2.33. The third-order valence-electron chi connectivity index (χ3n) is 4.53. The minimum Gasteiger partial charge on any atom is -0.488 e. The number of likely N-dealkylation sites (tertiary alicyclic amines) is 1. The quantitative estimate of drug-likeness (QED) is 0.865. The number of pyridine rings is 1. The molecule has 26 heavy (non-hydrogen) atoms. The van der Waals surface area contributed by atoms with Crippen LogP contribution in [0, 0.1) is 13.8 Å². The Balaban J connectivity index is 1.63. The van der Waals surface area contributed by atoms with Crippen molar-refractivity contribution >= 4 is 11.8 Å². The molecule has 2 amide bonds. The lowest BCUT2D eigenvalue weighted by molar-refractivity contribution is -0.133. The fraction of sp³-hybridized carbons (Fsp3) is 0.444. The molecule has 3 rings (SSSR count). The average Bonchev–Trinajstić information content (AvgIpc) is 2.94. The van der Waals surface area contributed by atoms with Crippen LogP contribution in [0.3, 0.4) is 0 Å². The van der Waals surface area contributed by atoms with Gasteiger partial charge < -0.3 is 19.9 Å². The lowest BCUT2D eigenvalue weighted by Crippen LogP contribution is -2.45. The number of nitrogens with two attached hydrogens (primary N) is 1. The van der Waals surface area contributed by atoms with Gasteiger partial charge in [-0.15, -0.1) is 0 Å². The van der Waals surface area contributed by atoms with Crippen molar-refractivity contribution < 1.29 is 18.8 Å². The summed E-state index contributed by atoms with van der Waals surface area (Å²) < 4.78 is 11.1. The van der Waals surface area contributed by atoms with E-state index in [1.165, 1.54) is 12.3 Å². The molecule has 1 fully saturated rings. The molecule has 1 unspecified atom stereocenters. The number of aryl methyl sites for hydroxylation is 2. The van der Waals surface area contributed by atoms with Crippen molar-refractivity contribution in [1.82, 2.24) is 15.0 Å². The molecule has 1 aliphatic heterocycles. The van der Waals surface area contributed by atoms with Gasteiger partial charge in [0.2, 0.25) is 5.91 Å². The zero-order valence-corrected chi connectivity index (χ0v) is 14.9. The molecule has 0 saturated carbocycles. The highest BCUT2D eigenvalue weighted by molar-refractivity contribution is 5.91. The predicted molar refractivity (Wildman–Crippen MR) is 92.7 cm³/mol. The van der Waals surface area contributed by atoms with Gasteiger partial charge in [0.1, 0.15) is 23.3 Å². The SMILES string of the molecule is Cc1noc(C)c1CC(=O)N1CCCC(Oc2ccnc(C(N)=O)c2)C1. The number of amides is 2. The van der Waals surface area contributed by atoms with Gasteiger partial charge in [0.25, 0.3) is 5.91 Å². The van der Waals surface area contributed by atoms with E-state index in [4.69, 9.17) is 15.0 Å². The number of carbonyl (C=O) groups is 2. The summed E-state index contributed by atoms with van der Waals surface area (Å²) in [6, 6.07) is 3.20. The van der Waals surface area contributed by atoms with E-state index in [0.717, 1.165) is 24.1 Å². The largest absolute Gasteiger partial charge is 0.488 e. The minimum atomic E-state index is -0.602. The van der Waals surface area contributed by atoms with Crippen molar-refractivity contribution in [3.05, 3.63) is 41.0 Å². The van der Waals surface area contributed by atoms with Gasteiger partial charge in [0.15, 0.2) is 0 Å². The van der Waals surface area contributed by atoms with Crippen LogP contribution in [0.4, 0.5) is 0 Å². The van der Waals surface area contributed by atoms with Crippen LogP contribution in [0.25, 0.3) is 0 Å². The molecule has 138 valence electrons. The van der Waals surface area contributed by atoms with Crippen LogP contribution in [-0.2, 0) is 11.2 Å². The Hall–Kier alpha value is -2.90. The molecule has 8 nitrogen and oxygen atoms in total. The summed E-state index contributed by atoms with van der Waals surface area (Å²) in [6.07, 6.45) is 3.31. The Kier molecular flexibility index (Phi) is 5.20. The van der Waals surface area contributed by atoms with Crippen LogP contribution in [0.1, 0.15) is 40.3 Å². The van der Waals surface area contributed by atoms with Gasteiger partial charge in [0, 0.05) is 24.4 Å². The highest BCUT2D eigenvalue weighted by atomic mass is 16.5. The number of piperidine rings is 1. The third kappa shape index (κ3) is 4.01. The maximum atomic E-state index is 12.6. The number of ether oxygens (including phenoxy) is 1. The Bertz CT molecular complexity index is 798. The summed E-state index contributed by atoms with van der Waals surface area (Å²) >= 11 is 0. The van der Waals surface area contributed by atoms with E-state index in [0.29, 0.717) is 24.6 Å². The molecule has 3 heterocycles. The first-order chi connectivity index (χ1) is 12.4. The van der Waals surface area contributed by atoms with E-state index < -0.39 is 5.91 Å². The van der Waals surface area contributed by atoms with E-state index in [9.17, 15) is 9.59 Å². The van der Waals surface area contributed by atoms with E-state index >= 15 is 0 Å². The van der Waals surface area contributed by atoms with Gasteiger partial charge in [-0.3, -0.25) is 14.6 Å². The number of nitrogens with zero attached hydrogens (tertiary/aromatic N) is 3. The van der Waals surface area contributed by atoms with Gasteiger partial charge >= 0.3 is 0 Å². The zero-order chi connectivity index (χ0) is 18.7. The number of hydrogen-bond donors (Lipinski definition) is 1. The molecule has 1 saturated heterocycles. The van der Waals surface area contributed by atoms with Gasteiger partial charge in [-0.25, -0.2) is 0 Å². The molecule has 0 bridgehead atoms.